The van der Waals surface area contributed by atoms with Crippen LogP contribution in [0.4, 0.5) is 13.2 Å². The maximum Gasteiger partial charge on any atom is 0.441 e. The predicted octanol–water partition coefficient (Wildman–Crippen LogP) is 1.87. The van der Waals surface area contributed by atoms with E-state index in [1.165, 1.54) is 0 Å². The van der Waals surface area contributed by atoms with E-state index in [0.717, 1.165) is 12.8 Å². The number of carbonyl (C=O) groups is 1. The van der Waals surface area contributed by atoms with Crippen molar-refractivity contribution in [3.05, 3.63) is 0 Å². The Morgan fingerprint density at radius 2 is 2.24 bits per heavy atom. The van der Waals surface area contributed by atoms with Crippen molar-refractivity contribution in [3.63, 3.8) is 0 Å². The van der Waals surface area contributed by atoms with E-state index in [0.29, 0.717) is 6.42 Å². The molecular weight excluding hydrogens is 253 g/mol. The monoisotopic (exact) mass is 270 g/mol. The zero-order chi connectivity index (χ0) is 13.1. The summed E-state index contributed by atoms with van der Waals surface area (Å²) in [5.74, 6) is -0.397. The molecule has 2 atom stereocenters. The Morgan fingerprint density at radius 1 is 1.59 bits per heavy atom. The molecule has 1 aliphatic carbocycles. The van der Waals surface area contributed by atoms with Gasteiger partial charge < -0.3 is 11.1 Å². The first-order chi connectivity index (χ1) is 7.76. The van der Waals surface area contributed by atoms with Gasteiger partial charge >= 0.3 is 5.51 Å². The Bertz CT molecular complexity index is 285. The van der Waals surface area contributed by atoms with Gasteiger partial charge in [0.25, 0.3) is 0 Å². The van der Waals surface area contributed by atoms with Crippen LogP contribution in [-0.4, -0.2) is 29.8 Å². The van der Waals surface area contributed by atoms with E-state index in [9.17, 15) is 18.0 Å². The van der Waals surface area contributed by atoms with Crippen molar-refractivity contribution >= 4 is 17.7 Å². The van der Waals surface area contributed by atoms with Gasteiger partial charge in [0.1, 0.15) is 0 Å². The maximum absolute atomic E-state index is 11.8. The Hall–Kier alpha value is -0.430. The number of nitrogens with one attached hydrogen (secondary N) is 1. The molecule has 1 saturated carbocycles. The number of alkyl halides is 3. The lowest BCUT2D eigenvalue weighted by Gasteiger charge is -2.27. The molecule has 0 spiro atoms. The largest absolute Gasteiger partial charge is 0.441 e. The van der Waals surface area contributed by atoms with Gasteiger partial charge in [0.15, 0.2) is 0 Å². The minimum absolute atomic E-state index is 0.0192. The number of thioether (sulfide) groups is 1. The minimum Gasteiger partial charge on any atom is -0.355 e. The summed E-state index contributed by atoms with van der Waals surface area (Å²) in [6.07, 6.45) is 2.38. The highest BCUT2D eigenvalue weighted by atomic mass is 32.2. The van der Waals surface area contributed by atoms with Crippen molar-refractivity contribution in [3.8, 4) is 0 Å². The highest BCUT2D eigenvalue weighted by Crippen LogP contribution is 2.36. The van der Waals surface area contributed by atoms with Crippen molar-refractivity contribution in [2.45, 2.75) is 37.7 Å². The Balaban J connectivity index is 2.30. The molecule has 0 radical (unpaired) electrons. The van der Waals surface area contributed by atoms with Gasteiger partial charge in [-0.15, -0.1) is 0 Å². The lowest BCUT2D eigenvalue weighted by Crippen LogP contribution is -2.47. The van der Waals surface area contributed by atoms with Crippen LogP contribution in [0.1, 0.15) is 26.2 Å². The van der Waals surface area contributed by atoms with Crippen LogP contribution in [-0.2, 0) is 4.79 Å². The van der Waals surface area contributed by atoms with Crippen LogP contribution in [0.2, 0.25) is 0 Å². The normalized spacial score (nSPS) is 29.4. The fourth-order valence-corrected chi connectivity index (χ4v) is 2.44. The smallest absolute Gasteiger partial charge is 0.355 e. The van der Waals surface area contributed by atoms with Gasteiger partial charge in [-0.3, -0.25) is 4.79 Å². The van der Waals surface area contributed by atoms with E-state index in [1.54, 1.807) is 6.92 Å². The molecule has 100 valence electrons. The second-order valence-electron chi connectivity index (χ2n) is 4.47. The summed E-state index contributed by atoms with van der Waals surface area (Å²) >= 11 is -0.128. The Morgan fingerprint density at radius 3 is 2.71 bits per heavy atom. The van der Waals surface area contributed by atoms with Crippen LogP contribution < -0.4 is 11.1 Å². The third kappa shape index (κ3) is 4.06. The molecular formula is C10H17F3N2OS. The average molecular weight is 270 g/mol. The van der Waals surface area contributed by atoms with Crippen LogP contribution >= 0.6 is 11.8 Å². The van der Waals surface area contributed by atoms with Gasteiger partial charge in [0.05, 0.1) is 5.41 Å². The molecule has 3 N–H and O–H groups in total. The van der Waals surface area contributed by atoms with Crippen molar-refractivity contribution in [1.29, 1.82) is 0 Å². The molecule has 0 saturated heterocycles. The lowest BCUT2D eigenvalue weighted by atomic mass is 9.84. The molecule has 0 aliphatic heterocycles. The summed E-state index contributed by atoms with van der Waals surface area (Å²) in [4.78, 5) is 11.8. The topological polar surface area (TPSA) is 55.1 Å². The van der Waals surface area contributed by atoms with Crippen LogP contribution in [0.15, 0.2) is 0 Å². The van der Waals surface area contributed by atoms with Gasteiger partial charge in [-0.2, -0.15) is 13.2 Å². The standard InChI is InChI=1S/C10H17F3N2OS/c1-9(4-2-3-7(9)14)8(16)15-5-6-17-10(11,12)13/h7H,2-6,14H2,1H3,(H,15,16). The Labute approximate surface area is 103 Å². The molecule has 1 rings (SSSR count). The highest BCUT2D eigenvalue weighted by Gasteiger charge is 2.42. The summed E-state index contributed by atoms with van der Waals surface area (Å²) in [6.45, 7) is 1.79. The van der Waals surface area contributed by atoms with Gasteiger partial charge in [0, 0.05) is 18.3 Å². The summed E-state index contributed by atoms with van der Waals surface area (Å²) < 4.78 is 35.5. The highest BCUT2D eigenvalue weighted by molar-refractivity contribution is 8.00. The minimum atomic E-state index is -4.24. The fraction of sp³-hybridized carbons (Fsp3) is 0.900. The second-order valence-corrected chi connectivity index (χ2v) is 5.63. The molecule has 1 amide bonds. The first kappa shape index (κ1) is 14.6. The van der Waals surface area contributed by atoms with E-state index in [-0.39, 0.29) is 36.0 Å². The maximum atomic E-state index is 11.8. The molecule has 0 aromatic rings. The van der Waals surface area contributed by atoms with Crippen molar-refractivity contribution in [2.75, 3.05) is 12.3 Å². The zero-order valence-electron chi connectivity index (χ0n) is 9.64. The zero-order valence-corrected chi connectivity index (χ0v) is 10.5. The number of amides is 1. The molecule has 0 bridgehead atoms. The summed E-state index contributed by atoms with van der Waals surface area (Å²) in [7, 11) is 0. The fourth-order valence-electron chi connectivity index (χ4n) is 2.01. The van der Waals surface area contributed by atoms with Crippen LogP contribution in [0, 0.1) is 5.41 Å². The summed E-state index contributed by atoms with van der Waals surface area (Å²) in [6, 6.07) is -0.197. The summed E-state index contributed by atoms with van der Waals surface area (Å²) in [5.41, 5.74) is 0.982. The lowest BCUT2D eigenvalue weighted by molar-refractivity contribution is -0.130. The number of hydrogen-bond acceptors (Lipinski definition) is 3. The van der Waals surface area contributed by atoms with E-state index >= 15 is 0 Å². The second kappa shape index (κ2) is 5.48. The van der Waals surface area contributed by atoms with Crippen LogP contribution in [0.25, 0.3) is 0 Å². The van der Waals surface area contributed by atoms with Gasteiger partial charge in [-0.25, -0.2) is 0 Å². The quantitative estimate of drug-likeness (QED) is 0.767. The SMILES string of the molecule is CC1(C(=O)NCCSC(F)(F)F)CCCC1N. The molecule has 1 fully saturated rings. The molecule has 0 aromatic heterocycles. The van der Waals surface area contributed by atoms with E-state index in [1.807, 2.05) is 0 Å². The molecule has 1 aliphatic rings. The third-order valence-corrected chi connectivity index (χ3v) is 3.94. The van der Waals surface area contributed by atoms with E-state index in [2.05, 4.69) is 5.32 Å². The van der Waals surface area contributed by atoms with E-state index < -0.39 is 10.9 Å². The molecule has 17 heavy (non-hydrogen) atoms. The van der Waals surface area contributed by atoms with Gasteiger partial charge in [0.2, 0.25) is 5.91 Å². The first-order valence-corrected chi connectivity index (χ1v) is 6.49. The van der Waals surface area contributed by atoms with Crippen LogP contribution in [0.5, 0.6) is 0 Å². The molecule has 0 aromatic carbocycles. The van der Waals surface area contributed by atoms with Crippen LogP contribution in [0.3, 0.4) is 0 Å². The van der Waals surface area contributed by atoms with Gasteiger partial charge in [-0.05, 0) is 31.5 Å². The van der Waals surface area contributed by atoms with E-state index in [4.69, 9.17) is 5.73 Å². The van der Waals surface area contributed by atoms with Crippen molar-refractivity contribution in [2.24, 2.45) is 11.1 Å². The summed E-state index contributed by atoms with van der Waals surface area (Å²) in [5, 5.41) is 2.53. The number of nitrogens with two attached hydrogens (primary N) is 1. The molecule has 7 heteroatoms. The average Bonchev–Trinajstić information content (AvgIpc) is 2.54. The third-order valence-electron chi connectivity index (χ3n) is 3.20. The number of hydrogen-bond donors (Lipinski definition) is 2. The Kier molecular flexibility index (Phi) is 4.71. The van der Waals surface area contributed by atoms with Gasteiger partial charge in [-0.1, -0.05) is 6.42 Å². The molecule has 3 nitrogen and oxygen atoms in total. The predicted molar refractivity (Wildman–Crippen MR) is 61.5 cm³/mol. The number of halogens is 3. The number of rotatable bonds is 4. The molecule has 0 heterocycles. The number of carbonyl (C=O) groups excluding carboxylic acids is 1. The molecule has 2 unspecified atom stereocenters. The van der Waals surface area contributed by atoms with Crippen molar-refractivity contribution < 1.29 is 18.0 Å². The van der Waals surface area contributed by atoms with Crippen molar-refractivity contribution in [1.82, 2.24) is 5.32 Å². The first-order valence-electron chi connectivity index (χ1n) is 5.50.